The molecule has 0 saturated heterocycles. The second-order valence-corrected chi connectivity index (χ2v) is 4.16. The summed E-state index contributed by atoms with van der Waals surface area (Å²) in [6.07, 6.45) is 1.47. The Morgan fingerprint density at radius 1 is 1.24 bits per heavy atom. The van der Waals surface area contributed by atoms with E-state index in [4.69, 9.17) is 21.8 Å². The van der Waals surface area contributed by atoms with Crippen LogP contribution >= 0.6 is 11.6 Å². The molecule has 1 aromatic heterocycles. The van der Waals surface area contributed by atoms with E-state index in [0.29, 0.717) is 16.9 Å². The van der Waals surface area contributed by atoms with E-state index in [9.17, 15) is 8.78 Å². The van der Waals surface area contributed by atoms with Crippen molar-refractivity contribution in [3.05, 3.63) is 58.0 Å². The SMILES string of the molecule is Cc1cc(C(N)c2cc(F)c(F)cc2Cl)co1. The van der Waals surface area contributed by atoms with Crippen molar-refractivity contribution in [1.82, 2.24) is 0 Å². The average Bonchev–Trinajstić information content (AvgIpc) is 2.69. The molecule has 2 N–H and O–H groups in total. The summed E-state index contributed by atoms with van der Waals surface area (Å²) in [7, 11) is 0. The fourth-order valence-corrected chi connectivity index (χ4v) is 1.85. The fraction of sp³-hybridized carbons (Fsp3) is 0.167. The summed E-state index contributed by atoms with van der Waals surface area (Å²) in [6.45, 7) is 1.77. The first-order valence-corrected chi connectivity index (χ1v) is 5.32. The Morgan fingerprint density at radius 2 is 1.88 bits per heavy atom. The molecule has 0 saturated carbocycles. The minimum Gasteiger partial charge on any atom is -0.469 e. The lowest BCUT2D eigenvalue weighted by atomic mass is 10.0. The molecule has 2 nitrogen and oxygen atoms in total. The topological polar surface area (TPSA) is 39.2 Å². The van der Waals surface area contributed by atoms with Crippen LogP contribution in [0.2, 0.25) is 5.02 Å². The number of aryl methyl sites for hydroxylation is 1. The maximum absolute atomic E-state index is 13.1. The lowest BCUT2D eigenvalue weighted by Crippen LogP contribution is -2.12. The van der Waals surface area contributed by atoms with E-state index in [-0.39, 0.29) is 5.02 Å². The molecule has 0 spiro atoms. The molecule has 0 bridgehead atoms. The minimum atomic E-state index is -0.991. The zero-order valence-electron chi connectivity index (χ0n) is 9.01. The molecule has 5 heteroatoms. The Bertz CT molecular complexity index is 553. The lowest BCUT2D eigenvalue weighted by molar-refractivity contribution is 0.506. The summed E-state index contributed by atoms with van der Waals surface area (Å²) in [4.78, 5) is 0. The van der Waals surface area contributed by atoms with Gasteiger partial charge in [-0.05, 0) is 30.7 Å². The fourth-order valence-electron chi connectivity index (χ4n) is 1.58. The van der Waals surface area contributed by atoms with Gasteiger partial charge >= 0.3 is 0 Å². The van der Waals surface area contributed by atoms with Crippen molar-refractivity contribution in [3.8, 4) is 0 Å². The van der Waals surface area contributed by atoms with Gasteiger partial charge in [0.25, 0.3) is 0 Å². The Hall–Kier alpha value is -1.39. The first kappa shape index (κ1) is 12.1. The Morgan fingerprint density at radius 3 is 2.47 bits per heavy atom. The molecule has 0 aliphatic heterocycles. The molecule has 0 radical (unpaired) electrons. The molecule has 0 fully saturated rings. The van der Waals surface area contributed by atoms with Gasteiger partial charge in [0, 0.05) is 10.6 Å². The predicted octanol–water partition coefficient (Wildman–Crippen LogP) is 3.57. The Kier molecular flexibility index (Phi) is 3.17. The van der Waals surface area contributed by atoms with E-state index in [2.05, 4.69) is 0 Å². The summed E-state index contributed by atoms with van der Waals surface area (Å²) in [5, 5.41) is 0.0928. The van der Waals surface area contributed by atoms with Crippen LogP contribution in [0.1, 0.15) is 22.9 Å². The van der Waals surface area contributed by atoms with Crippen LogP contribution in [0.25, 0.3) is 0 Å². The van der Waals surface area contributed by atoms with Crippen LogP contribution < -0.4 is 5.73 Å². The van der Waals surface area contributed by atoms with E-state index < -0.39 is 17.7 Å². The number of hydrogen-bond acceptors (Lipinski definition) is 2. The number of nitrogens with two attached hydrogens (primary N) is 1. The highest BCUT2D eigenvalue weighted by Gasteiger charge is 2.17. The minimum absolute atomic E-state index is 0.0928. The normalized spacial score (nSPS) is 12.8. The van der Waals surface area contributed by atoms with Gasteiger partial charge in [-0.1, -0.05) is 11.6 Å². The summed E-state index contributed by atoms with van der Waals surface area (Å²) >= 11 is 5.84. The maximum atomic E-state index is 13.1. The van der Waals surface area contributed by atoms with E-state index in [1.165, 1.54) is 6.26 Å². The standard InChI is InChI=1S/C12H10ClF2NO/c1-6-2-7(5-17-6)12(16)8-3-10(14)11(15)4-9(8)13/h2-5,12H,16H2,1H3. The molecular formula is C12H10ClF2NO. The van der Waals surface area contributed by atoms with Crippen LogP contribution in [0.4, 0.5) is 8.78 Å². The van der Waals surface area contributed by atoms with Gasteiger partial charge in [-0.3, -0.25) is 0 Å². The largest absolute Gasteiger partial charge is 0.469 e. The van der Waals surface area contributed by atoms with E-state index >= 15 is 0 Å². The number of halogens is 3. The zero-order chi connectivity index (χ0) is 12.6. The number of hydrogen-bond donors (Lipinski definition) is 1. The van der Waals surface area contributed by atoms with Crippen molar-refractivity contribution < 1.29 is 13.2 Å². The predicted molar refractivity (Wildman–Crippen MR) is 60.8 cm³/mol. The quantitative estimate of drug-likeness (QED) is 0.836. The summed E-state index contributed by atoms with van der Waals surface area (Å²) < 4.78 is 31.1. The molecule has 2 aromatic rings. The smallest absolute Gasteiger partial charge is 0.160 e. The molecule has 0 aliphatic rings. The van der Waals surface area contributed by atoms with Gasteiger partial charge in [-0.2, -0.15) is 0 Å². The van der Waals surface area contributed by atoms with Crippen molar-refractivity contribution in [3.63, 3.8) is 0 Å². The third kappa shape index (κ3) is 2.33. The van der Waals surface area contributed by atoms with Gasteiger partial charge in [-0.25, -0.2) is 8.78 Å². The van der Waals surface area contributed by atoms with Crippen LogP contribution in [0.5, 0.6) is 0 Å². The average molecular weight is 258 g/mol. The van der Waals surface area contributed by atoms with Crippen LogP contribution in [-0.4, -0.2) is 0 Å². The zero-order valence-corrected chi connectivity index (χ0v) is 9.76. The summed E-state index contributed by atoms with van der Waals surface area (Å²) in [5.41, 5.74) is 6.90. The monoisotopic (exact) mass is 257 g/mol. The molecule has 0 aliphatic carbocycles. The van der Waals surface area contributed by atoms with Gasteiger partial charge < -0.3 is 10.2 Å². The first-order valence-electron chi connectivity index (χ1n) is 4.94. The van der Waals surface area contributed by atoms with Gasteiger partial charge in [0.1, 0.15) is 5.76 Å². The van der Waals surface area contributed by atoms with Crippen LogP contribution in [-0.2, 0) is 0 Å². The van der Waals surface area contributed by atoms with Crippen LogP contribution in [0.3, 0.4) is 0 Å². The van der Waals surface area contributed by atoms with Crippen molar-refractivity contribution in [2.45, 2.75) is 13.0 Å². The molecule has 1 aromatic carbocycles. The highest BCUT2D eigenvalue weighted by molar-refractivity contribution is 6.31. The van der Waals surface area contributed by atoms with Crippen molar-refractivity contribution in [2.75, 3.05) is 0 Å². The third-order valence-electron chi connectivity index (χ3n) is 2.48. The molecule has 90 valence electrons. The molecule has 17 heavy (non-hydrogen) atoms. The molecule has 1 unspecified atom stereocenters. The molecule has 0 amide bonds. The second-order valence-electron chi connectivity index (χ2n) is 3.76. The number of furan rings is 1. The summed E-state index contributed by atoms with van der Waals surface area (Å²) in [5.74, 6) is -1.27. The van der Waals surface area contributed by atoms with Crippen molar-refractivity contribution >= 4 is 11.6 Å². The van der Waals surface area contributed by atoms with Gasteiger partial charge in [0.2, 0.25) is 0 Å². The molecular weight excluding hydrogens is 248 g/mol. The lowest BCUT2D eigenvalue weighted by Gasteiger charge is -2.12. The van der Waals surface area contributed by atoms with Gasteiger partial charge in [0.05, 0.1) is 12.3 Å². The third-order valence-corrected chi connectivity index (χ3v) is 2.81. The van der Waals surface area contributed by atoms with Crippen molar-refractivity contribution in [1.29, 1.82) is 0 Å². The van der Waals surface area contributed by atoms with Crippen LogP contribution in [0, 0.1) is 18.6 Å². The maximum Gasteiger partial charge on any atom is 0.160 e. The Labute approximate surface area is 102 Å². The first-order chi connectivity index (χ1) is 7.99. The van der Waals surface area contributed by atoms with Crippen LogP contribution in [0.15, 0.2) is 28.9 Å². The second kappa shape index (κ2) is 4.47. The van der Waals surface area contributed by atoms with Gasteiger partial charge in [-0.15, -0.1) is 0 Å². The van der Waals surface area contributed by atoms with Crippen molar-refractivity contribution in [2.24, 2.45) is 5.73 Å². The highest BCUT2D eigenvalue weighted by Crippen LogP contribution is 2.29. The van der Waals surface area contributed by atoms with E-state index in [0.717, 1.165) is 12.1 Å². The number of rotatable bonds is 2. The highest BCUT2D eigenvalue weighted by atomic mass is 35.5. The number of benzene rings is 1. The van der Waals surface area contributed by atoms with Gasteiger partial charge in [0.15, 0.2) is 11.6 Å². The molecule has 2 rings (SSSR count). The summed E-state index contributed by atoms with van der Waals surface area (Å²) in [6, 6.07) is 3.00. The Balaban J connectivity index is 2.43. The molecule has 1 atom stereocenters. The molecule has 1 heterocycles. The van der Waals surface area contributed by atoms with E-state index in [1.807, 2.05) is 0 Å². The van der Waals surface area contributed by atoms with E-state index in [1.54, 1.807) is 13.0 Å².